The molecule has 4 rings (SSSR count). The zero-order chi connectivity index (χ0) is 22.2. The minimum absolute atomic E-state index is 0.147. The highest BCUT2D eigenvalue weighted by atomic mass is 32.1. The number of nitrogens with zero attached hydrogens (tertiary/aromatic N) is 3. The van der Waals surface area contributed by atoms with Gasteiger partial charge in [0.15, 0.2) is 0 Å². The summed E-state index contributed by atoms with van der Waals surface area (Å²) < 4.78 is 38.7. The van der Waals surface area contributed by atoms with Crippen LogP contribution in [0.1, 0.15) is 41.9 Å². The molecule has 0 atom stereocenters. The van der Waals surface area contributed by atoms with E-state index in [2.05, 4.69) is 20.3 Å². The van der Waals surface area contributed by atoms with Crippen LogP contribution in [-0.4, -0.2) is 31.3 Å². The Balaban J connectivity index is 1.59. The number of rotatable bonds is 4. The number of benzene rings is 1. The average Bonchev–Trinajstić information content (AvgIpc) is 3.21. The van der Waals surface area contributed by atoms with Crippen LogP contribution in [0.15, 0.2) is 36.7 Å². The second-order valence-electron chi connectivity index (χ2n) is 7.77. The quantitative estimate of drug-likeness (QED) is 0.529. The summed E-state index contributed by atoms with van der Waals surface area (Å²) in [6.07, 6.45) is -0.228. The van der Waals surface area contributed by atoms with E-state index in [-0.39, 0.29) is 12.1 Å². The van der Waals surface area contributed by atoms with E-state index in [1.165, 1.54) is 11.3 Å². The second-order valence-corrected chi connectivity index (χ2v) is 8.80. The number of nitrogens with one attached hydrogen (secondary N) is 1. The molecule has 1 aromatic carbocycles. The second kappa shape index (κ2) is 8.18. The van der Waals surface area contributed by atoms with Crippen molar-refractivity contribution in [1.82, 2.24) is 15.0 Å². The third kappa shape index (κ3) is 4.86. The molecule has 0 aliphatic heterocycles. The molecule has 0 saturated heterocycles. The largest absolute Gasteiger partial charge is 0.433 e. The molecule has 1 aliphatic rings. The fourth-order valence-electron chi connectivity index (χ4n) is 3.62. The summed E-state index contributed by atoms with van der Waals surface area (Å²) in [5.41, 5.74) is 0.192. The Hall–Kier alpha value is -2.56. The van der Waals surface area contributed by atoms with Crippen molar-refractivity contribution in [2.75, 3.05) is 5.32 Å². The van der Waals surface area contributed by atoms with E-state index in [1.807, 2.05) is 13.0 Å². The number of aromatic nitrogens is 3. The van der Waals surface area contributed by atoms with Crippen LogP contribution in [0, 0.1) is 6.92 Å². The van der Waals surface area contributed by atoms with E-state index in [0.717, 1.165) is 28.3 Å². The van der Waals surface area contributed by atoms with E-state index in [4.69, 9.17) is 0 Å². The molecule has 0 bridgehead atoms. The molecule has 0 amide bonds. The number of alkyl halides is 3. The topological polar surface area (TPSA) is 91.2 Å². The molecule has 2 heterocycles. The highest BCUT2D eigenvalue weighted by Crippen LogP contribution is 2.41. The lowest BCUT2D eigenvalue weighted by Gasteiger charge is -2.32. The monoisotopic (exact) mass is 450 g/mol. The third-order valence-corrected chi connectivity index (χ3v) is 6.49. The molecule has 1 fully saturated rings. The van der Waals surface area contributed by atoms with E-state index < -0.39 is 17.5 Å². The van der Waals surface area contributed by atoms with E-state index in [0.29, 0.717) is 36.4 Å². The van der Waals surface area contributed by atoms with Crippen LogP contribution in [0.25, 0.3) is 10.4 Å². The summed E-state index contributed by atoms with van der Waals surface area (Å²) in [6, 6.07) is 6.32. The van der Waals surface area contributed by atoms with Crippen molar-refractivity contribution >= 4 is 23.0 Å². The molecule has 164 valence electrons. The summed E-state index contributed by atoms with van der Waals surface area (Å²) in [4.78, 5) is 12.7. The van der Waals surface area contributed by atoms with Gasteiger partial charge in [0.25, 0.3) is 0 Å². The highest BCUT2D eigenvalue weighted by Gasteiger charge is 2.37. The van der Waals surface area contributed by atoms with Gasteiger partial charge in [-0.15, -0.1) is 11.3 Å². The van der Waals surface area contributed by atoms with Crippen LogP contribution in [0.4, 0.5) is 24.8 Å². The van der Waals surface area contributed by atoms with E-state index in [1.54, 1.807) is 18.3 Å². The number of aliphatic hydroxyl groups is 2. The zero-order valence-corrected chi connectivity index (χ0v) is 17.5. The number of aryl methyl sites for hydroxylation is 1. The maximum Gasteiger partial charge on any atom is 0.433 e. The minimum atomic E-state index is -4.55. The number of hydrogen-bond acceptors (Lipinski definition) is 7. The van der Waals surface area contributed by atoms with Gasteiger partial charge >= 0.3 is 6.18 Å². The van der Waals surface area contributed by atoms with Crippen molar-refractivity contribution in [1.29, 1.82) is 0 Å². The Morgan fingerprint density at radius 1 is 1.16 bits per heavy atom. The Morgan fingerprint density at radius 2 is 1.90 bits per heavy atom. The average molecular weight is 450 g/mol. The van der Waals surface area contributed by atoms with Crippen molar-refractivity contribution < 1.29 is 23.4 Å². The van der Waals surface area contributed by atoms with Crippen molar-refractivity contribution in [3.05, 3.63) is 52.9 Å². The summed E-state index contributed by atoms with van der Waals surface area (Å²) in [7, 11) is 0. The lowest BCUT2D eigenvalue weighted by atomic mass is 9.84. The standard InChI is InChI=1S/C21H21F3N4O2S/c1-12-8-13(16-11-26-18(31-16)20(30)5-2-15(29)3-6-20)10-14(9-12)27-19-25-7-4-17(28-19)21(22,23)24/h4,7-11,15,29-30H,2-3,5-6H2,1H3,(H,25,27,28)/t15-,20-. The SMILES string of the molecule is Cc1cc(Nc2nccc(C(F)(F)F)n2)cc(-c2cnc([C@]3(O)CC[C@H](O)CC3)s2)c1. The molecular weight excluding hydrogens is 429 g/mol. The molecule has 31 heavy (non-hydrogen) atoms. The minimum Gasteiger partial charge on any atom is -0.393 e. The number of anilines is 2. The molecule has 0 spiro atoms. The summed E-state index contributed by atoms with van der Waals surface area (Å²) in [5.74, 6) is -0.147. The molecule has 3 N–H and O–H groups in total. The normalized spacial score (nSPS) is 21.8. The van der Waals surface area contributed by atoms with Gasteiger partial charge in [0.05, 0.1) is 11.0 Å². The Kier molecular flexibility index (Phi) is 5.71. The van der Waals surface area contributed by atoms with Crippen molar-refractivity contribution in [3.63, 3.8) is 0 Å². The molecule has 3 aromatic rings. The van der Waals surface area contributed by atoms with E-state index in [9.17, 15) is 23.4 Å². The van der Waals surface area contributed by atoms with Crippen LogP contribution in [0.5, 0.6) is 0 Å². The zero-order valence-electron chi connectivity index (χ0n) is 16.6. The molecule has 0 unspecified atom stereocenters. The fraction of sp³-hybridized carbons (Fsp3) is 0.381. The van der Waals surface area contributed by atoms with Gasteiger partial charge in [-0.1, -0.05) is 6.07 Å². The number of thiazole rings is 1. The first kappa shape index (κ1) is 21.7. The van der Waals surface area contributed by atoms with Gasteiger partial charge in [0.2, 0.25) is 5.95 Å². The molecule has 10 heteroatoms. The first-order valence-electron chi connectivity index (χ1n) is 9.78. The Labute approximate surface area is 180 Å². The lowest BCUT2D eigenvalue weighted by Crippen LogP contribution is -2.33. The molecule has 6 nitrogen and oxygen atoms in total. The van der Waals surface area contributed by atoms with Crippen LogP contribution >= 0.6 is 11.3 Å². The predicted molar refractivity (Wildman–Crippen MR) is 111 cm³/mol. The summed E-state index contributed by atoms with van der Waals surface area (Å²) in [6.45, 7) is 1.87. The number of halogens is 3. The molecule has 0 radical (unpaired) electrons. The highest BCUT2D eigenvalue weighted by molar-refractivity contribution is 7.15. The Morgan fingerprint density at radius 3 is 2.61 bits per heavy atom. The van der Waals surface area contributed by atoms with Crippen molar-refractivity contribution in [2.24, 2.45) is 0 Å². The maximum atomic E-state index is 12.9. The van der Waals surface area contributed by atoms with Crippen molar-refractivity contribution in [3.8, 4) is 10.4 Å². The molecule has 1 aliphatic carbocycles. The summed E-state index contributed by atoms with van der Waals surface area (Å²) >= 11 is 1.37. The van der Waals surface area contributed by atoms with Gasteiger partial charge in [0, 0.05) is 18.1 Å². The first-order valence-corrected chi connectivity index (χ1v) is 10.6. The van der Waals surface area contributed by atoms with Crippen LogP contribution < -0.4 is 5.32 Å². The molecule has 2 aromatic heterocycles. The smallest absolute Gasteiger partial charge is 0.393 e. The lowest BCUT2D eigenvalue weighted by molar-refractivity contribution is -0.141. The maximum absolute atomic E-state index is 12.9. The van der Waals surface area contributed by atoms with Crippen LogP contribution in [-0.2, 0) is 11.8 Å². The van der Waals surface area contributed by atoms with Gasteiger partial charge < -0.3 is 15.5 Å². The van der Waals surface area contributed by atoms with Gasteiger partial charge in [-0.25, -0.2) is 15.0 Å². The van der Waals surface area contributed by atoms with E-state index >= 15 is 0 Å². The molecular formula is C21H21F3N4O2S. The summed E-state index contributed by atoms with van der Waals surface area (Å²) in [5, 5.41) is 24.1. The van der Waals surface area contributed by atoms with Gasteiger partial charge in [-0.05, 0) is 61.9 Å². The third-order valence-electron chi connectivity index (χ3n) is 5.25. The van der Waals surface area contributed by atoms with Gasteiger partial charge in [-0.3, -0.25) is 0 Å². The van der Waals surface area contributed by atoms with Crippen molar-refractivity contribution in [2.45, 2.75) is 50.5 Å². The van der Waals surface area contributed by atoms with Gasteiger partial charge in [0.1, 0.15) is 16.3 Å². The predicted octanol–water partition coefficient (Wildman–Crippen LogP) is 4.79. The van der Waals surface area contributed by atoms with Crippen LogP contribution in [0.3, 0.4) is 0 Å². The fourth-order valence-corrected chi connectivity index (χ4v) is 4.67. The van der Waals surface area contributed by atoms with Crippen LogP contribution in [0.2, 0.25) is 0 Å². The number of aliphatic hydroxyl groups excluding tert-OH is 1. The first-order chi connectivity index (χ1) is 14.6. The Bertz CT molecular complexity index is 1080. The van der Waals surface area contributed by atoms with Gasteiger partial charge in [-0.2, -0.15) is 13.2 Å². The number of hydrogen-bond donors (Lipinski definition) is 3. The molecule has 1 saturated carbocycles.